The van der Waals surface area contributed by atoms with Gasteiger partial charge in [0.25, 0.3) is 0 Å². The monoisotopic (exact) mass is 253 g/mol. The molecule has 1 aliphatic heterocycles. The van der Waals surface area contributed by atoms with E-state index in [-0.39, 0.29) is 23.8 Å². The number of hydrogen-bond acceptors (Lipinski definition) is 3. The van der Waals surface area contributed by atoms with Crippen molar-refractivity contribution in [2.24, 2.45) is 0 Å². The van der Waals surface area contributed by atoms with E-state index >= 15 is 0 Å². The van der Waals surface area contributed by atoms with E-state index < -0.39 is 15.9 Å². The lowest BCUT2D eigenvalue weighted by atomic mass is 10.1. The Morgan fingerprint density at radius 2 is 2.12 bits per heavy atom. The van der Waals surface area contributed by atoms with E-state index in [0.29, 0.717) is 0 Å². The number of sulfone groups is 1. The van der Waals surface area contributed by atoms with Crippen LogP contribution in [0.3, 0.4) is 0 Å². The van der Waals surface area contributed by atoms with Crippen molar-refractivity contribution in [3.8, 4) is 0 Å². The van der Waals surface area contributed by atoms with Gasteiger partial charge in [-0.1, -0.05) is 29.8 Å². The summed E-state index contributed by atoms with van der Waals surface area (Å²) in [6.45, 7) is 1.94. The van der Waals surface area contributed by atoms with Crippen LogP contribution in [0.2, 0.25) is 0 Å². The van der Waals surface area contributed by atoms with Gasteiger partial charge in [-0.05, 0) is 12.5 Å². The predicted octanol–water partition coefficient (Wildman–Crippen LogP) is 0.971. The fraction of sp³-hybridized carbons (Fsp3) is 0.417. The second-order valence-electron chi connectivity index (χ2n) is 4.40. The van der Waals surface area contributed by atoms with Crippen molar-refractivity contribution < 1.29 is 13.2 Å². The summed E-state index contributed by atoms with van der Waals surface area (Å²) < 4.78 is 23.4. The summed E-state index contributed by atoms with van der Waals surface area (Å²) in [5.74, 6) is -0.263. The molecule has 0 radical (unpaired) electrons. The van der Waals surface area contributed by atoms with Crippen molar-refractivity contribution in [3.63, 3.8) is 0 Å². The largest absolute Gasteiger partial charge is 0.348 e. The lowest BCUT2D eigenvalue weighted by molar-refractivity contribution is -0.121. The summed E-state index contributed by atoms with van der Waals surface area (Å²) >= 11 is 0. The highest BCUT2D eigenvalue weighted by atomic mass is 32.2. The van der Waals surface area contributed by atoms with Crippen molar-refractivity contribution in [2.45, 2.75) is 19.4 Å². The molecule has 0 aromatic heterocycles. The van der Waals surface area contributed by atoms with Gasteiger partial charge in [0.15, 0.2) is 9.84 Å². The van der Waals surface area contributed by atoms with Gasteiger partial charge in [-0.2, -0.15) is 0 Å². The van der Waals surface area contributed by atoms with E-state index in [9.17, 15) is 13.2 Å². The molecule has 1 heterocycles. The van der Waals surface area contributed by atoms with E-state index in [2.05, 4.69) is 5.32 Å². The molecular formula is C12H15NO3S. The van der Waals surface area contributed by atoms with Crippen molar-refractivity contribution >= 4 is 15.7 Å². The maximum Gasteiger partial charge on any atom is 0.221 e. The molecule has 0 aliphatic carbocycles. The molecule has 0 bridgehead atoms. The molecule has 92 valence electrons. The van der Waals surface area contributed by atoms with E-state index in [1.165, 1.54) is 0 Å². The zero-order valence-electron chi connectivity index (χ0n) is 9.64. The van der Waals surface area contributed by atoms with Crippen LogP contribution < -0.4 is 5.32 Å². The minimum atomic E-state index is -3.15. The normalized spacial score (nSPS) is 23.8. The van der Waals surface area contributed by atoms with Gasteiger partial charge < -0.3 is 5.32 Å². The standard InChI is InChI=1S/C12H15NO3S/c1-9-3-2-4-10(7-9)11-8-17(15,16)6-5-12(14)13-11/h2-4,7,11H,5-6,8H2,1H3,(H,13,14). The Kier molecular flexibility index (Phi) is 3.19. The highest BCUT2D eigenvalue weighted by Crippen LogP contribution is 2.19. The van der Waals surface area contributed by atoms with Crippen LogP contribution in [0, 0.1) is 6.92 Å². The van der Waals surface area contributed by atoms with E-state index in [0.717, 1.165) is 11.1 Å². The first-order chi connectivity index (χ1) is 7.96. The number of aryl methyl sites for hydroxylation is 1. The molecule has 1 unspecified atom stereocenters. The van der Waals surface area contributed by atoms with Gasteiger partial charge in [0.05, 0.1) is 17.5 Å². The molecule has 0 spiro atoms. The third-order valence-corrected chi connectivity index (χ3v) is 4.51. The summed E-state index contributed by atoms with van der Waals surface area (Å²) in [5, 5.41) is 2.76. The van der Waals surface area contributed by atoms with Crippen molar-refractivity contribution in [1.29, 1.82) is 0 Å². The molecule has 17 heavy (non-hydrogen) atoms. The molecule has 1 aliphatic rings. The Morgan fingerprint density at radius 1 is 1.35 bits per heavy atom. The maximum atomic E-state index is 11.7. The van der Waals surface area contributed by atoms with E-state index in [1.54, 1.807) is 0 Å². The molecule has 1 atom stereocenters. The summed E-state index contributed by atoms with van der Waals surface area (Å²) in [6.07, 6.45) is 0.0602. The van der Waals surface area contributed by atoms with Gasteiger partial charge in [-0.15, -0.1) is 0 Å². The van der Waals surface area contributed by atoms with Crippen LogP contribution in [0.15, 0.2) is 24.3 Å². The highest BCUT2D eigenvalue weighted by molar-refractivity contribution is 7.91. The first-order valence-electron chi connectivity index (χ1n) is 5.53. The second kappa shape index (κ2) is 4.49. The van der Waals surface area contributed by atoms with Crippen LogP contribution in [-0.4, -0.2) is 25.8 Å². The van der Waals surface area contributed by atoms with Crippen LogP contribution >= 0.6 is 0 Å². The molecule has 1 aromatic carbocycles. The van der Waals surface area contributed by atoms with E-state index in [1.807, 2.05) is 31.2 Å². The molecule has 1 saturated heterocycles. The summed E-state index contributed by atoms with van der Waals surface area (Å²) in [4.78, 5) is 11.5. The van der Waals surface area contributed by atoms with Gasteiger partial charge in [0.1, 0.15) is 0 Å². The number of carbonyl (C=O) groups is 1. The molecular weight excluding hydrogens is 238 g/mol. The fourth-order valence-electron chi connectivity index (χ4n) is 1.96. The quantitative estimate of drug-likeness (QED) is 0.811. The third kappa shape index (κ3) is 3.06. The Morgan fingerprint density at radius 3 is 2.82 bits per heavy atom. The molecule has 1 aromatic rings. The van der Waals surface area contributed by atoms with Crippen LogP contribution in [0.25, 0.3) is 0 Å². The first kappa shape index (κ1) is 12.1. The summed E-state index contributed by atoms with van der Waals surface area (Å²) in [5.41, 5.74) is 1.90. The Labute approximate surface area is 101 Å². The smallest absolute Gasteiger partial charge is 0.221 e. The minimum absolute atomic E-state index is 0.0117. The number of nitrogens with one attached hydrogen (secondary N) is 1. The SMILES string of the molecule is Cc1cccc(C2CS(=O)(=O)CCC(=O)N2)c1. The lowest BCUT2D eigenvalue weighted by Gasteiger charge is -2.16. The highest BCUT2D eigenvalue weighted by Gasteiger charge is 2.27. The van der Waals surface area contributed by atoms with Gasteiger partial charge >= 0.3 is 0 Å². The average Bonchev–Trinajstić information content (AvgIpc) is 2.38. The molecule has 0 saturated carbocycles. The number of hydrogen-bond donors (Lipinski definition) is 1. The van der Waals surface area contributed by atoms with Gasteiger partial charge in [0, 0.05) is 6.42 Å². The molecule has 1 N–H and O–H groups in total. The zero-order valence-corrected chi connectivity index (χ0v) is 10.5. The van der Waals surface area contributed by atoms with Crippen LogP contribution in [-0.2, 0) is 14.6 Å². The van der Waals surface area contributed by atoms with Crippen molar-refractivity contribution in [1.82, 2.24) is 5.32 Å². The molecule has 5 heteroatoms. The number of carbonyl (C=O) groups excluding carboxylic acids is 1. The van der Waals surface area contributed by atoms with Crippen LogP contribution in [0.5, 0.6) is 0 Å². The zero-order chi connectivity index (χ0) is 12.5. The molecule has 1 amide bonds. The topological polar surface area (TPSA) is 63.2 Å². The van der Waals surface area contributed by atoms with Crippen LogP contribution in [0.1, 0.15) is 23.6 Å². The van der Waals surface area contributed by atoms with Gasteiger partial charge in [-0.25, -0.2) is 8.42 Å². The first-order valence-corrected chi connectivity index (χ1v) is 7.35. The molecule has 1 fully saturated rings. The Bertz CT molecular complexity index is 536. The van der Waals surface area contributed by atoms with Gasteiger partial charge in [-0.3, -0.25) is 4.79 Å². The molecule has 2 rings (SSSR count). The number of amides is 1. The third-order valence-electron chi connectivity index (χ3n) is 2.84. The van der Waals surface area contributed by atoms with E-state index in [4.69, 9.17) is 0 Å². The maximum absolute atomic E-state index is 11.7. The minimum Gasteiger partial charge on any atom is -0.348 e. The number of rotatable bonds is 1. The van der Waals surface area contributed by atoms with Crippen LogP contribution in [0.4, 0.5) is 0 Å². The number of benzene rings is 1. The van der Waals surface area contributed by atoms with Crippen molar-refractivity contribution in [3.05, 3.63) is 35.4 Å². The van der Waals surface area contributed by atoms with Gasteiger partial charge in [0.2, 0.25) is 5.91 Å². The molecule has 4 nitrogen and oxygen atoms in total. The second-order valence-corrected chi connectivity index (χ2v) is 6.63. The fourth-order valence-corrected chi connectivity index (χ4v) is 3.41. The Balaban J connectivity index is 2.33. The summed E-state index contributed by atoms with van der Waals surface area (Å²) in [6, 6.07) is 7.14. The lowest BCUT2D eigenvalue weighted by Crippen LogP contribution is -2.29. The predicted molar refractivity (Wildman–Crippen MR) is 65.3 cm³/mol. The van der Waals surface area contributed by atoms with Crippen molar-refractivity contribution in [2.75, 3.05) is 11.5 Å². The summed E-state index contributed by atoms with van der Waals surface area (Å²) in [7, 11) is -3.15. The average molecular weight is 253 g/mol. The Hall–Kier alpha value is -1.36.